The summed E-state index contributed by atoms with van der Waals surface area (Å²) in [6, 6.07) is 12.6. The number of carbonyl (C=O) groups is 1. The van der Waals surface area contributed by atoms with Gasteiger partial charge in [-0.2, -0.15) is 0 Å². The van der Waals surface area contributed by atoms with Gasteiger partial charge in [0.25, 0.3) is 0 Å². The lowest BCUT2D eigenvalue weighted by molar-refractivity contribution is -0.116. The maximum atomic E-state index is 13.7. The average molecular weight is 389 g/mol. The molecule has 1 aliphatic heterocycles. The van der Waals surface area contributed by atoms with Crippen LogP contribution in [0.1, 0.15) is 16.7 Å². The summed E-state index contributed by atoms with van der Waals surface area (Å²) in [5, 5.41) is 3.06. The number of amides is 1. The molecule has 0 bridgehead atoms. The molecule has 2 aromatic rings. The van der Waals surface area contributed by atoms with E-state index in [1.54, 1.807) is 6.07 Å². The predicted octanol–water partition coefficient (Wildman–Crippen LogP) is 3.64. The van der Waals surface area contributed by atoms with E-state index in [2.05, 4.69) is 22.3 Å². The molecule has 2 aromatic carbocycles. The van der Waals surface area contributed by atoms with Crippen molar-refractivity contribution in [2.45, 2.75) is 13.1 Å². The minimum absolute atomic E-state index is 0.210. The number of carbonyl (C=O) groups excluding carboxylic acids is 1. The Bertz CT molecular complexity index is 782. The summed E-state index contributed by atoms with van der Waals surface area (Å²) in [6.07, 6.45) is 2.68. The Balaban J connectivity index is 1.49. The van der Waals surface area contributed by atoms with Gasteiger partial charge in [0.1, 0.15) is 5.82 Å². The Morgan fingerprint density at radius 3 is 2.56 bits per heavy atom. The van der Waals surface area contributed by atoms with Crippen LogP contribution in [0.2, 0.25) is 5.02 Å². The number of nitrogens with one attached hydrogen (secondary N) is 1. The fourth-order valence-electron chi connectivity index (χ4n) is 2.86. The SMILES string of the molecule is O=C(C=Cc1c(F)cccc1Cl)NCc1ccc(CN2CCOCC2)cc1. The molecule has 0 aliphatic carbocycles. The van der Waals surface area contributed by atoms with Gasteiger partial charge in [0.05, 0.1) is 18.2 Å². The third kappa shape index (κ3) is 5.89. The van der Waals surface area contributed by atoms with E-state index < -0.39 is 5.82 Å². The van der Waals surface area contributed by atoms with Gasteiger partial charge in [-0.05, 0) is 29.3 Å². The van der Waals surface area contributed by atoms with Crippen LogP contribution in [-0.2, 0) is 22.6 Å². The van der Waals surface area contributed by atoms with E-state index in [1.807, 2.05) is 12.1 Å². The van der Waals surface area contributed by atoms with Crippen LogP contribution < -0.4 is 5.32 Å². The molecule has 27 heavy (non-hydrogen) atoms. The van der Waals surface area contributed by atoms with Gasteiger partial charge in [0.2, 0.25) is 5.91 Å². The van der Waals surface area contributed by atoms with Gasteiger partial charge in [-0.3, -0.25) is 9.69 Å². The lowest BCUT2D eigenvalue weighted by Crippen LogP contribution is -2.35. The minimum Gasteiger partial charge on any atom is -0.379 e. The molecule has 0 atom stereocenters. The molecular weight excluding hydrogens is 367 g/mol. The van der Waals surface area contributed by atoms with E-state index in [-0.39, 0.29) is 16.5 Å². The molecule has 1 aliphatic rings. The van der Waals surface area contributed by atoms with Crippen molar-refractivity contribution in [3.05, 3.63) is 76.1 Å². The van der Waals surface area contributed by atoms with Crippen LogP contribution in [0.5, 0.6) is 0 Å². The highest BCUT2D eigenvalue weighted by atomic mass is 35.5. The van der Waals surface area contributed by atoms with Gasteiger partial charge < -0.3 is 10.1 Å². The Hall–Kier alpha value is -2.21. The van der Waals surface area contributed by atoms with E-state index in [0.29, 0.717) is 6.54 Å². The van der Waals surface area contributed by atoms with Crippen molar-refractivity contribution >= 4 is 23.6 Å². The van der Waals surface area contributed by atoms with Crippen molar-refractivity contribution in [2.75, 3.05) is 26.3 Å². The Kier molecular flexibility index (Phi) is 6.98. The second-order valence-corrected chi connectivity index (χ2v) is 6.80. The number of ether oxygens (including phenoxy) is 1. The molecule has 0 radical (unpaired) electrons. The van der Waals surface area contributed by atoms with Crippen LogP contribution in [0.15, 0.2) is 48.5 Å². The van der Waals surface area contributed by atoms with Crippen molar-refractivity contribution in [3.63, 3.8) is 0 Å². The normalized spacial score (nSPS) is 15.2. The topological polar surface area (TPSA) is 41.6 Å². The van der Waals surface area contributed by atoms with Crippen LogP contribution in [0, 0.1) is 5.82 Å². The number of morpholine rings is 1. The van der Waals surface area contributed by atoms with Gasteiger partial charge in [0.15, 0.2) is 0 Å². The second kappa shape index (κ2) is 9.65. The second-order valence-electron chi connectivity index (χ2n) is 6.39. The van der Waals surface area contributed by atoms with E-state index >= 15 is 0 Å². The highest BCUT2D eigenvalue weighted by Gasteiger charge is 2.10. The Labute approximate surface area is 163 Å². The highest BCUT2D eigenvalue weighted by molar-refractivity contribution is 6.32. The molecule has 0 saturated carbocycles. The van der Waals surface area contributed by atoms with Crippen molar-refractivity contribution in [3.8, 4) is 0 Å². The smallest absolute Gasteiger partial charge is 0.244 e. The molecule has 3 rings (SSSR count). The van der Waals surface area contributed by atoms with Crippen LogP contribution in [0.25, 0.3) is 6.08 Å². The zero-order chi connectivity index (χ0) is 19.1. The van der Waals surface area contributed by atoms with E-state index in [0.717, 1.165) is 38.4 Å². The van der Waals surface area contributed by atoms with Crippen LogP contribution in [-0.4, -0.2) is 37.1 Å². The molecule has 1 amide bonds. The van der Waals surface area contributed by atoms with Crippen LogP contribution in [0.3, 0.4) is 0 Å². The number of hydrogen-bond acceptors (Lipinski definition) is 3. The molecule has 4 nitrogen and oxygen atoms in total. The van der Waals surface area contributed by atoms with E-state index in [4.69, 9.17) is 16.3 Å². The summed E-state index contributed by atoms with van der Waals surface area (Å²) in [4.78, 5) is 14.3. The predicted molar refractivity (Wildman–Crippen MR) is 105 cm³/mol. The number of halogens is 2. The van der Waals surface area contributed by atoms with Crippen LogP contribution >= 0.6 is 11.6 Å². The maximum absolute atomic E-state index is 13.7. The molecule has 6 heteroatoms. The van der Waals surface area contributed by atoms with Gasteiger partial charge in [-0.1, -0.05) is 41.9 Å². The lowest BCUT2D eigenvalue weighted by Gasteiger charge is -2.26. The van der Waals surface area contributed by atoms with E-state index in [9.17, 15) is 9.18 Å². The van der Waals surface area contributed by atoms with Gasteiger partial charge in [-0.15, -0.1) is 0 Å². The highest BCUT2D eigenvalue weighted by Crippen LogP contribution is 2.20. The maximum Gasteiger partial charge on any atom is 0.244 e. The van der Waals surface area contributed by atoms with Crippen molar-refractivity contribution < 1.29 is 13.9 Å². The third-order valence-corrected chi connectivity index (χ3v) is 4.73. The first-order chi connectivity index (χ1) is 13.1. The number of hydrogen-bond donors (Lipinski definition) is 1. The molecule has 0 aromatic heterocycles. The monoisotopic (exact) mass is 388 g/mol. The average Bonchev–Trinajstić information content (AvgIpc) is 2.68. The summed E-state index contributed by atoms with van der Waals surface area (Å²) in [7, 11) is 0. The summed E-state index contributed by atoms with van der Waals surface area (Å²) < 4.78 is 19.0. The minimum atomic E-state index is -0.456. The quantitative estimate of drug-likeness (QED) is 0.768. The van der Waals surface area contributed by atoms with E-state index in [1.165, 1.54) is 29.8 Å². The van der Waals surface area contributed by atoms with Gasteiger partial charge in [-0.25, -0.2) is 4.39 Å². The molecule has 1 fully saturated rings. The summed E-state index contributed by atoms with van der Waals surface area (Å²) >= 11 is 5.94. The standard InChI is InChI=1S/C21H22ClFN2O2/c22-19-2-1-3-20(23)18(19)8-9-21(26)24-14-16-4-6-17(7-5-16)15-25-10-12-27-13-11-25/h1-9H,10-15H2,(H,24,26). The molecule has 1 N–H and O–H groups in total. The number of benzene rings is 2. The van der Waals surface area contributed by atoms with Crippen molar-refractivity contribution in [1.29, 1.82) is 0 Å². The summed E-state index contributed by atoms with van der Waals surface area (Å²) in [5.41, 5.74) is 2.45. The zero-order valence-corrected chi connectivity index (χ0v) is 15.7. The number of nitrogens with zero attached hydrogens (tertiary/aromatic N) is 1. The first-order valence-corrected chi connectivity index (χ1v) is 9.27. The Morgan fingerprint density at radius 2 is 1.85 bits per heavy atom. The molecule has 1 heterocycles. The molecular formula is C21H22ClFN2O2. The van der Waals surface area contributed by atoms with Gasteiger partial charge >= 0.3 is 0 Å². The molecule has 1 saturated heterocycles. The largest absolute Gasteiger partial charge is 0.379 e. The number of rotatable bonds is 6. The first kappa shape index (κ1) is 19.5. The fourth-order valence-corrected chi connectivity index (χ4v) is 3.08. The fraction of sp³-hybridized carbons (Fsp3) is 0.286. The molecule has 0 unspecified atom stereocenters. The van der Waals surface area contributed by atoms with Crippen LogP contribution in [0.4, 0.5) is 4.39 Å². The van der Waals surface area contributed by atoms with Crippen molar-refractivity contribution in [1.82, 2.24) is 10.2 Å². The first-order valence-electron chi connectivity index (χ1n) is 8.89. The third-order valence-electron chi connectivity index (χ3n) is 4.40. The summed E-state index contributed by atoms with van der Waals surface area (Å²) in [6.45, 7) is 4.80. The molecule has 142 valence electrons. The lowest BCUT2D eigenvalue weighted by atomic mass is 10.1. The van der Waals surface area contributed by atoms with Gasteiger partial charge in [0, 0.05) is 37.8 Å². The Morgan fingerprint density at radius 1 is 1.15 bits per heavy atom. The van der Waals surface area contributed by atoms with Crippen molar-refractivity contribution in [2.24, 2.45) is 0 Å². The molecule has 0 spiro atoms. The zero-order valence-electron chi connectivity index (χ0n) is 15.0. The summed E-state index contributed by atoms with van der Waals surface area (Å²) in [5.74, 6) is -0.755.